The van der Waals surface area contributed by atoms with Crippen molar-refractivity contribution < 1.29 is 14.8 Å². The molecule has 8 nitrogen and oxygen atoms in total. The highest BCUT2D eigenvalue weighted by molar-refractivity contribution is 5.91. The maximum absolute atomic E-state index is 12.0. The molecule has 8 heteroatoms. The van der Waals surface area contributed by atoms with Gasteiger partial charge in [-0.05, 0) is 32.2 Å². The Morgan fingerprint density at radius 1 is 1.38 bits per heavy atom. The number of non-ortho nitro benzene ring substituents is 1. The Balaban J connectivity index is 1.97. The number of nitrogens with one attached hydrogen (secondary N) is 1. The van der Waals surface area contributed by atoms with E-state index >= 15 is 0 Å². The van der Waals surface area contributed by atoms with Crippen LogP contribution in [0.4, 0.5) is 11.5 Å². The molecule has 1 aromatic carbocycles. The average Bonchev–Trinajstić information content (AvgIpc) is 2.49. The van der Waals surface area contributed by atoms with Gasteiger partial charge in [0, 0.05) is 29.9 Å². The number of aryl methyl sites for hydroxylation is 1. The molecule has 1 amide bonds. The minimum absolute atomic E-state index is 0.0480. The van der Waals surface area contributed by atoms with Crippen LogP contribution in [0.25, 0.3) is 0 Å². The fourth-order valence-corrected chi connectivity index (χ4v) is 2.20. The van der Waals surface area contributed by atoms with Crippen molar-refractivity contribution in [2.75, 3.05) is 18.9 Å². The number of benzene rings is 1. The third-order valence-corrected chi connectivity index (χ3v) is 3.28. The third-order valence-electron chi connectivity index (χ3n) is 3.28. The zero-order valence-corrected chi connectivity index (χ0v) is 13.4. The molecule has 0 radical (unpaired) electrons. The molecule has 0 saturated carbocycles. The standard InChI is InChI=1S/C16H18N4O4/c1-11-4-3-5-15(17-11)18-16(22)10-19(2)9-12-8-13(20(23)24)6-7-14(12)21/h3-8,21H,9-10H2,1-2H3,(H,17,18,22). The lowest BCUT2D eigenvalue weighted by atomic mass is 10.1. The number of aromatic hydroxyl groups is 1. The summed E-state index contributed by atoms with van der Waals surface area (Å²) in [5.41, 5.74) is 1.07. The van der Waals surface area contributed by atoms with Gasteiger partial charge in [0.25, 0.3) is 5.69 Å². The molecule has 24 heavy (non-hydrogen) atoms. The normalized spacial score (nSPS) is 10.6. The second-order valence-corrected chi connectivity index (χ2v) is 5.45. The van der Waals surface area contributed by atoms with Crippen molar-refractivity contribution in [3.05, 3.63) is 57.8 Å². The monoisotopic (exact) mass is 330 g/mol. The maximum atomic E-state index is 12.0. The summed E-state index contributed by atoms with van der Waals surface area (Å²) < 4.78 is 0. The van der Waals surface area contributed by atoms with Crippen molar-refractivity contribution in [3.8, 4) is 5.75 Å². The first-order valence-electron chi connectivity index (χ1n) is 7.23. The molecule has 2 N–H and O–H groups in total. The van der Waals surface area contributed by atoms with Crippen LogP contribution in [-0.2, 0) is 11.3 Å². The van der Waals surface area contributed by atoms with E-state index in [1.807, 2.05) is 13.0 Å². The lowest BCUT2D eigenvalue weighted by Gasteiger charge is -2.17. The van der Waals surface area contributed by atoms with Gasteiger partial charge in [0.15, 0.2) is 0 Å². The molecule has 0 aliphatic rings. The molecule has 0 aliphatic carbocycles. The summed E-state index contributed by atoms with van der Waals surface area (Å²) in [6.45, 7) is 2.08. The van der Waals surface area contributed by atoms with Gasteiger partial charge in [-0.1, -0.05) is 6.07 Å². The van der Waals surface area contributed by atoms with Crippen LogP contribution in [0, 0.1) is 17.0 Å². The van der Waals surface area contributed by atoms with Gasteiger partial charge in [-0.3, -0.25) is 19.8 Å². The number of carbonyl (C=O) groups excluding carboxylic acids is 1. The Labute approximate surface area is 138 Å². The number of pyridine rings is 1. The second kappa shape index (κ2) is 7.51. The van der Waals surface area contributed by atoms with E-state index in [-0.39, 0.29) is 30.4 Å². The van der Waals surface area contributed by atoms with Gasteiger partial charge in [-0.25, -0.2) is 4.98 Å². The van der Waals surface area contributed by atoms with Crippen molar-refractivity contribution in [3.63, 3.8) is 0 Å². The Morgan fingerprint density at radius 2 is 2.12 bits per heavy atom. The van der Waals surface area contributed by atoms with Gasteiger partial charge in [0.2, 0.25) is 5.91 Å². The van der Waals surface area contributed by atoms with E-state index in [2.05, 4.69) is 10.3 Å². The summed E-state index contributed by atoms with van der Waals surface area (Å²) in [6, 6.07) is 9.12. The van der Waals surface area contributed by atoms with Crippen LogP contribution in [-0.4, -0.2) is 39.4 Å². The Hall–Kier alpha value is -3.00. The number of aromatic nitrogens is 1. The highest BCUT2D eigenvalue weighted by Crippen LogP contribution is 2.23. The van der Waals surface area contributed by atoms with E-state index in [0.29, 0.717) is 11.4 Å². The number of amides is 1. The summed E-state index contributed by atoms with van der Waals surface area (Å²) >= 11 is 0. The zero-order chi connectivity index (χ0) is 17.7. The topological polar surface area (TPSA) is 109 Å². The number of phenols is 1. The van der Waals surface area contributed by atoms with E-state index in [0.717, 1.165) is 5.69 Å². The van der Waals surface area contributed by atoms with Crippen molar-refractivity contribution in [2.24, 2.45) is 0 Å². The molecule has 0 fully saturated rings. The van der Waals surface area contributed by atoms with Crippen LogP contribution in [0.3, 0.4) is 0 Å². The van der Waals surface area contributed by atoms with Gasteiger partial charge in [-0.15, -0.1) is 0 Å². The number of hydrogen-bond acceptors (Lipinski definition) is 6. The summed E-state index contributed by atoms with van der Waals surface area (Å²) in [7, 11) is 1.68. The SMILES string of the molecule is Cc1cccc(NC(=O)CN(C)Cc2cc([N+](=O)[O-])ccc2O)n1. The van der Waals surface area contributed by atoms with Crippen molar-refractivity contribution in [1.82, 2.24) is 9.88 Å². The molecule has 2 rings (SSSR count). The van der Waals surface area contributed by atoms with E-state index in [4.69, 9.17) is 0 Å². The number of carbonyl (C=O) groups is 1. The number of phenolic OH excluding ortho intramolecular Hbond substituents is 1. The fraction of sp³-hybridized carbons (Fsp3) is 0.250. The summed E-state index contributed by atoms with van der Waals surface area (Å²) in [4.78, 5) is 28.1. The first kappa shape index (κ1) is 17.4. The van der Waals surface area contributed by atoms with Gasteiger partial charge in [0.05, 0.1) is 11.5 Å². The summed E-state index contributed by atoms with van der Waals surface area (Å²) in [5.74, 6) is 0.153. The molecule has 2 aromatic rings. The lowest BCUT2D eigenvalue weighted by Crippen LogP contribution is -2.30. The molecule has 0 spiro atoms. The van der Waals surface area contributed by atoms with Gasteiger partial charge < -0.3 is 10.4 Å². The smallest absolute Gasteiger partial charge is 0.270 e. The summed E-state index contributed by atoms with van der Waals surface area (Å²) in [6.07, 6.45) is 0. The Bertz CT molecular complexity index is 763. The molecular weight excluding hydrogens is 312 g/mol. The Morgan fingerprint density at radius 3 is 2.79 bits per heavy atom. The molecule has 1 aromatic heterocycles. The number of hydrogen-bond donors (Lipinski definition) is 2. The molecule has 1 heterocycles. The first-order chi connectivity index (χ1) is 11.3. The van der Waals surface area contributed by atoms with E-state index in [1.54, 1.807) is 24.1 Å². The minimum Gasteiger partial charge on any atom is -0.508 e. The number of nitro groups is 1. The number of nitrogens with zero attached hydrogens (tertiary/aromatic N) is 3. The van der Waals surface area contributed by atoms with Crippen molar-refractivity contribution >= 4 is 17.4 Å². The quantitative estimate of drug-likeness (QED) is 0.620. The maximum Gasteiger partial charge on any atom is 0.270 e. The molecular formula is C16H18N4O4. The number of likely N-dealkylation sites (N-methyl/N-ethyl adjacent to an activating group) is 1. The summed E-state index contributed by atoms with van der Waals surface area (Å²) in [5, 5.41) is 23.3. The molecule has 0 saturated heterocycles. The van der Waals surface area contributed by atoms with Crippen molar-refractivity contribution in [2.45, 2.75) is 13.5 Å². The predicted octanol–water partition coefficient (Wildman–Crippen LogP) is 2.07. The highest BCUT2D eigenvalue weighted by Gasteiger charge is 2.14. The van der Waals surface area contributed by atoms with E-state index in [9.17, 15) is 20.0 Å². The molecule has 0 atom stereocenters. The minimum atomic E-state index is -0.529. The average molecular weight is 330 g/mol. The molecule has 0 bridgehead atoms. The lowest BCUT2D eigenvalue weighted by molar-refractivity contribution is -0.385. The molecule has 0 aliphatic heterocycles. The van der Waals surface area contributed by atoms with Gasteiger partial charge >= 0.3 is 0 Å². The van der Waals surface area contributed by atoms with Crippen LogP contribution in [0.15, 0.2) is 36.4 Å². The number of rotatable bonds is 6. The predicted molar refractivity (Wildman–Crippen MR) is 88.7 cm³/mol. The van der Waals surface area contributed by atoms with Crippen LogP contribution in [0.1, 0.15) is 11.3 Å². The van der Waals surface area contributed by atoms with Gasteiger partial charge in [-0.2, -0.15) is 0 Å². The highest BCUT2D eigenvalue weighted by atomic mass is 16.6. The number of anilines is 1. The Kier molecular flexibility index (Phi) is 5.43. The van der Waals surface area contributed by atoms with E-state index in [1.165, 1.54) is 18.2 Å². The van der Waals surface area contributed by atoms with E-state index < -0.39 is 4.92 Å². The third kappa shape index (κ3) is 4.75. The molecule has 126 valence electrons. The fourth-order valence-electron chi connectivity index (χ4n) is 2.20. The zero-order valence-electron chi connectivity index (χ0n) is 13.4. The largest absolute Gasteiger partial charge is 0.508 e. The number of nitro benzene ring substituents is 1. The van der Waals surface area contributed by atoms with Crippen LogP contribution < -0.4 is 5.32 Å². The van der Waals surface area contributed by atoms with Crippen LogP contribution in [0.2, 0.25) is 0 Å². The van der Waals surface area contributed by atoms with Crippen LogP contribution >= 0.6 is 0 Å². The second-order valence-electron chi connectivity index (χ2n) is 5.45. The van der Waals surface area contributed by atoms with Crippen molar-refractivity contribution in [1.29, 1.82) is 0 Å². The molecule has 0 unspecified atom stereocenters. The first-order valence-corrected chi connectivity index (χ1v) is 7.23. The van der Waals surface area contributed by atoms with Crippen LogP contribution in [0.5, 0.6) is 5.75 Å². The van der Waals surface area contributed by atoms with Gasteiger partial charge in [0.1, 0.15) is 11.6 Å².